The van der Waals surface area contributed by atoms with Gasteiger partial charge in [0, 0.05) is 44.0 Å². The highest BCUT2D eigenvalue weighted by atomic mass is 15.3. The van der Waals surface area contributed by atoms with E-state index in [9.17, 15) is 0 Å². The van der Waals surface area contributed by atoms with Gasteiger partial charge < -0.3 is 15.1 Å². The van der Waals surface area contributed by atoms with Crippen LogP contribution >= 0.6 is 0 Å². The predicted molar refractivity (Wildman–Crippen MR) is 100 cm³/mol. The molecular formula is C20H31N3. The summed E-state index contributed by atoms with van der Waals surface area (Å²) >= 11 is 0. The summed E-state index contributed by atoms with van der Waals surface area (Å²) in [7, 11) is 0. The Balaban J connectivity index is 1.91. The standard InChI is InChI=1S/C20H31N3/c1-15(2)14-21-19(6)23-11-9-22(10-12-23)18(5)20-8-7-16(3)13-17(20)4/h7-8,13,15,21H,5-6,9-12,14H2,1-4H3. The highest BCUT2D eigenvalue weighted by Crippen LogP contribution is 2.23. The Hall–Kier alpha value is -1.90. The monoisotopic (exact) mass is 313 g/mol. The molecular weight excluding hydrogens is 282 g/mol. The Morgan fingerprint density at radius 3 is 2.26 bits per heavy atom. The second-order valence-electron chi connectivity index (χ2n) is 6.96. The maximum atomic E-state index is 4.34. The molecule has 0 saturated carbocycles. The van der Waals surface area contributed by atoms with Crippen molar-refractivity contribution in [3.8, 4) is 0 Å². The molecule has 1 N–H and O–H groups in total. The van der Waals surface area contributed by atoms with E-state index in [4.69, 9.17) is 0 Å². The highest BCUT2D eigenvalue weighted by molar-refractivity contribution is 5.65. The van der Waals surface area contributed by atoms with Gasteiger partial charge >= 0.3 is 0 Å². The smallest absolute Gasteiger partial charge is 0.0940 e. The molecule has 1 fully saturated rings. The molecule has 2 rings (SSSR count). The van der Waals surface area contributed by atoms with E-state index in [0.29, 0.717) is 5.92 Å². The van der Waals surface area contributed by atoms with Crippen molar-refractivity contribution in [2.45, 2.75) is 27.7 Å². The van der Waals surface area contributed by atoms with E-state index in [-0.39, 0.29) is 0 Å². The number of hydrogen-bond donors (Lipinski definition) is 1. The minimum absolute atomic E-state index is 0.636. The Morgan fingerprint density at radius 2 is 1.70 bits per heavy atom. The topological polar surface area (TPSA) is 18.5 Å². The third-order valence-corrected chi connectivity index (χ3v) is 4.45. The number of nitrogens with one attached hydrogen (secondary N) is 1. The number of piperazine rings is 1. The Bertz CT molecular complexity index is 566. The van der Waals surface area contributed by atoms with Crippen LogP contribution in [-0.4, -0.2) is 42.5 Å². The van der Waals surface area contributed by atoms with E-state index >= 15 is 0 Å². The Kier molecular flexibility index (Phi) is 5.75. The molecule has 1 saturated heterocycles. The molecule has 0 amide bonds. The van der Waals surface area contributed by atoms with Crippen molar-refractivity contribution >= 4 is 5.70 Å². The number of aryl methyl sites for hydroxylation is 2. The Morgan fingerprint density at radius 1 is 1.09 bits per heavy atom. The molecule has 0 bridgehead atoms. The average molecular weight is 313 g/mol. The van der Waals surface area contributed by atoms with Crippen molar-refractivity contribution in [3.63, 3.8) is 0 Å². The van der Waals surface area contributed by atoms with Gasteiger partial charge in [0.15, 0.2) is 0 Å². The largest absolute Gasteiger partial charge is 0.372 e. The van der Waals surface area contributed by atoms with Crippen LogP contribution in [0.2, 0.25) is 0 Å². The van der Waals surface area contributed by atoms with E-state index in [2.05, 4.69) is 74.2 Å². The molecule has 3 heteroatoms. The molecule has 23 heavy (non-hydrogen) atoms. The fraction of sp³-hybridized carbons (Fsp3) is 0.500. The van der Waals surface area contributed by atoms with Crippen LogP contribution in [0.5, 0.6) is 0 Å². The quantitative estimate of drug-likeness (QED) is 0.865. The van der Waals surface area contributed by atoms with E-state index in [0.717, 1.165) is 44.2 Å². The number of nitrogens with zero attached hydrogens (tertiary/aromatic N) is 2. The molecule has 0 atom stereocenters. The normalized spacial score (nSPS) is 15.0. The van der Waals surface area contributed by atoms with Gasteiger partial charge in [0.2, 0.25) is 0 Å². The number of benzene rings is 1. The molecule has 126 valence electrons. The van der Waals surface area contributed by atoms with Crippen molar-refractivity contribution in [2.75, 3.05) is 32.7 Å². The summed E-state index contributed by atoms with van der Waals surface area (Å²) in [6.07, 6.45) is 0. The zero-order valence-corrected chi connectivity index (χ0v) is 15.2. The van der Waals surface area contributed by atoms with Crippen LogP contribution in [0.15, 0.2) is 37.2 Å². The van der Waals surface area contributed by atoms with Gasteiger partial charge in [-0.05, 0) is 25.3 Å². The van der Waals surface area contributed by atoms with Gasteiger partial charge in [0.05, 0.1) is 5.82 Å². The van der Waals surface area contributed by atoms with Gasteiger partial charge in [-0.3, -0.25) is 0 Å². The molecule has 1 aliphatic heterocycles. The zero-order valence-electron chi connectivity index (χ0n) is 15.2. The zero-order chi connectivity index (χ0) is 17.0. The van der Waals surface area contributed by atoms with Crippen molar-refractivity contribution in [1.82, 2.24) is 15.1 Å². The third-order valence-electron chi connectivity index (χ3n) is 4.45. The van der Waals surface area contributed by atoms with Crippen LogP contribution < -0.4 is 5.32 Å². The molecule has 1 aromatic rings. The summed E-state index contributed by atoms with van der Waals surface area (Å²) in [4.78, 5) is 4.73. The maximum Gasteiger partial charge on any atom is 0.0940 e. The fourth-order valence-corrected chi connectivity index (χ4v) is 2.99. The van der Waals surface area contributed by atoms with E-state index in [1.165, 1.54) is 16.7 Å². The second kappa shape index (κ2) is 7.58. The molecule has 1 aromatic carbocycles. The second-order valence-corrected chi connectivity index (χ2v) is 6.96. The van der Waals surface area contributed by atoms with Gasteiger partial charge in [-0.1, -0.05) is 50.8 Å². The summed E-state index contributed by atoms with van der Waals surface area (Å²) in [5.41, 5.74) is 5.01. The number of rotatable bonds is 6. The van der Waals surface area contributed by atoms with Gasteiger partial charge in [0.1, 0.15) is 0 Å². The first kappa shape index (κ1) is 17.5. The van der Waals surface area contributed by atoms with Crippen LogP contribution in [0.4, 0.5) is 0 Å². The van der Waals surface area contributed by atoms with Crippen LogP contribution in [0.3, 0.4) is 0 Å². The van der Waals surface area contributed by atoms with Gasteiger partial charge in [-0.25, -0.2) is 0 Å². The minimum Gasteiger partial charge on any atom is -0.372 e. The SMILES string of the molecule is C=C(NCC(C)C)N1CCN(C(=C)c2ccc(C)cc2C)CC1. The van der Waals surface area contributed by atoms with Crippen LogP contribution in [-0.2, 0) is 0 Å². The average Bonchev–Trinajstić information content (AvgIpc) is 2.52. The summed E-state index contributed by atoms with van der Waals surface area (Å²) in [5, 5.41) is 3.43. The lowest BCUT2D eigenvalue weighted by atomic mass is 10.0. The molecule has 0 aromatic heterocycles. The van der Waals surface area contributed by atoms with Crippen molar-refractivity contribution in [1.29, 1.82) is 0 Å². The van der Waals surface area contributed by atoms with Crippen LogP contribution in [0, 0.1) is 19.8 Å². The molecule has 0 spiro atoms. The maximum absolute atomic E-state index is 4.34. The molecule has 1 heterocycles. The summed E-state index contributed by atoms with van der Waals surface area (Å²) in [6.45, 7) is 22.2. The molecule has 3 nitrogen and oxygen atoms in total. The summed E-state index contributed by atoms with van der Waals surface area (Å²) in [5.74, 6) is 1.69. The molecule has 0 aliphatic carbocycles. The molecule has 0 unspecified atom stereocenters. The Labute approximate surface area is 141 Å². The lowest BCUT2D eigenvalue weighted by Gasteiger charge is -2.39. The molecule has 0 radical (unpaired) electrons. The highest BCUT2D eigenvalue weighted by Gasteiger charge is 2.20. The van der Waals surface area contributed by atoms with Crippen LogP contribution in [0.1, 0.15) is 30.5 Å². The predicted octanol–water partition coefficient (Wildman–Crippen LogP) is 3.61. The summed E-state index contributed by atoms with van der Waals surface area (Å²) in [6, 6.07) is 6.60. The summed E-state index contributed by atoms with van der Waals surface area (Å²) < 4.78 is 0. The van der Waals surface area contributed by atoms with E-state index < -0.39 is 0 Å². The first-order valence-corrected chi connectivity index (χ1v) is 8.57. The van der Waals surface area contributed by atoms with Crippen molar-refractivity contribution in [2.24, 2.45) is 5.92 Å². The fourth-order valence-electron chi connectivity index (χ4n) is 2.99. The van der Waals surface area contributed by atoms with Gasteiger partial charge in [-0.2, -0.15) is 0 Å². The van der Waals surface area contributed by atoms with Gasteiger partial charge in [0.25, 0.3) is 0 Å². The van der Waals surface area contributed by atoms with Crippen molar-refractivity contribution in [3.05, 3.63) is 53.9 Å². The first-order valence-electron chi connectivity index (χ1n) is 8.57. The lowest BCUT2D eigenvalue weighted by molar-refractivity contribution is 0.203. The van der Waals surface area contributed by atoms with Crippen LogP contribution in [0.25, 0.3) is 5.70 Å². The minimum atomic E-state index is 0.636. The molecule has 1 aliphatic rings. The van der Waals surface area contributed by atoms with Crippen molar-refractivity contribution < 1.29 is 0 Å². The lowest BCUT2D eigenvalue weighted by Crippen LogP contribution is -2.47. The third kappa shape index (κ3) is 4.54. The van der Waals surface area contributed by atoms with E-state index in [1.54, 1.807) is 0 Å². The van der Waals surface area contributed by atoms with Gasteiger partial charge in [-0.15, -0.1) is 0 Å². The first-order chi connectivity index (χ1) is 10.9. The van der Waals surface area contributed by atoms with E-state index in [1.807, 2.05) is 0 Å². The number of hydrogen-bond acceptors (Lipinski definition) is 3.